The molecule has 0 bridgehead atoms. The van der Waals surface area contributed by atoms with Crippen LogP contribution in [0.4, 0.5) is 4.39 Å². The van der Waals surface area contributed by atoms with E-state index in [0.29, 0.717) is 5.56 Å². The summed E-state index contributed by atoms with van der Waals surface area (Å²) in [6, 6.07) is 4.14. The van der Waals surface area contributed by atoms with E-state index in [4.69, 9.17) is 5.11 Å². The van der Waals surface area contributed by atoms with Gasteiger partial charge in [0.2, 0.25) is 0 Å². The van der Waals surface area contributed by atoms with Gasteiger partial charge in [-0.05, 0) is 36.0 Å². The van der Waals surface area contributed by atoms with E-state index < -0.39 is 17.9 Å². The molecule has 3 nitrogen and oxygen atoms in total. The number of carbonyl (C=O) groups is 1. The molecule has 94 valence electrons. The summed E-state index contributed by atoms with van der Waals surface area (Å²) in [5, 5.41) is 17.9. The van der Waals surface area contributed by atoms with Crippen LogP contribution in [-0.4, -0.2) is 16.2 Å². The van der Waals surface area contributed by atoms with Crippen LogP contribution in [0.5, 0.6) is 0 Å². The summed E-state index contributed by atoms with van der Waals surface area (Å²) in [6.07, 6.45) is -0.0112. The molecule has 0 aliphatic heterocycles. The van der Waals surface area contributed by atoms with Crippen LogP contribution >= 0.6 is 0 Å². The lowest BCUT2D eigenvalue weighted by molar-refractivity contribution is -0.146. The van der Waals surface area contributed by atoms with Crippen LogP contribution in [0.3, 0.4) is 0 Å². The highest BCUT2D eigenvalue weighted by molar-refractivity contribution is 5.74. The number of aliphatic carboxylic acids is 1. The smallest absolute Gasteiger partial charge is 0.337 e. The number of hydrogen-bond acceptors (Lipinski definition) is 2. The monoisotopic (exact) mass is 240 g/mol. The zero-order valence-corrected chi connectivity index (χ0v) is 9.98. The Morgan fingerprint density at radius 3 is 2.35 bits per heavy atom. The molecule has 0 radical (unpaired) electrons. The normalized spacial score (nSPS) is 12.8. The van der Waals surface area contributed by atoms with E-state index in [9.17, 15) is 14.3 Å². The molecule has 0 fully saturated rings. The molecule has 1 rings (SSSR count). The third-order valence-electron chi connectivity index (χ3n) is 3.00. The molecule has 0 aliphatic rings. The highest BCUT2D eigenvalue weighted by atomic mass is 19.1. The van der Waals surface area contributed by atoms with Gasteiger partial charge in [0, 0.05) is 0 Å². The van der Waals surface area contributed by atoms with Gasteiger partial charge in [-0.1, -0.05) is 26.0 Å². The topological polar surface area (TPSA) is 57.5 Å². The quantitative estimate of drug-likeness (QED) is 0.832. The van der Waals surface area contributed by atoms with Crippen LogP contribution in [-0.2, 0) is 4.79 Å². The summed E-state index contributed by atoms with van der Waals surface area (Å²) < 4.78 is 13.8. The molecule has 0 amide bonds. The molecule has 17 heavy (non-hydrogen) atoms. The van der Waals surface area contributed by atoms with E-state index in [2.05, 4.69) is 0 Å². The Bertz CT molecular complexity index is 400. The van der Waals surface area contributed by atoms with Crippen molar-refractivity contribution in [3.8, 4) is 0 Å². The van der Waals surface area contributed by atoms with Gasteiger partial charge in [0.25, 0.3) is 0 Å². The zero-order valence-electron chi connectivity index (χ0n) is 9.98. The molecule has 1 aromatic rings. The second-order valence-corrected chi connectivity index (χ2v) is 4.04. The number of aliphatic hydroxyl groups excluding tert-OH is 1. The molecule has 4 heteroatoms. The molecule has 0 heterocycles. The fourth-order valence-electron chi connectivity index (χ4n) is 1.92. The van der Waals surface area contributed by atoms with Crippen molar-refractivity contribution in [3.05, 3.63) is 35.1 Å². The molecule has 0 saturated carbocycles. The van der Waals surface area contributed by atoms with Crippen molar-refractivity contribution < 1.29 is 19.4 Å². The molecule has 0 saturated heterocycles. The van der Waals surface area contributed by atoms with Crippen molar-refractivity contribution in [3.63, 3.8) is 0 Å². The Balaban J connectivity index is 3.05. The maximum absolute atomic E-state index is 13.8. The average Bonchev–Trinajstić information content (AvgIpc) is 2.31. The van der Waals surface area contributed by atoms with Crippen LogP contribution in [0.2, 0.25) is 0 Å². The van der Waals surface area contributed by atoms with E-state index in [0.717, 1.165) is 18.9 Å². The van der Waals surface area contributed by atoms with Gasteiger partial charge in [-0.2, -0.15) is 0 Å². The van der Waals surface area contributed by atoms with Gasteiger partial charge in [-0.3, -0.25) is 0 Å². The van der Waals surface area contributed by atoms with Gasteiger partial charge in [0.05, 0.1) is 0 Å². The van der Waals surface area contributed by atoms with Gasteiger partial charge in [-0.15, -0.1) is 0 Å². The number of benzene rings is 1. The average molecular weight is 240 g/mol. The van der Waals surface area contributed by atoms with E-state index in [1.807, 2.05) is 13.8 Å². The number of aliphatic hydroxyl groups is 1. The number of carboxylic acid groups (broad SMARTS) is 1. The molecule has 0 spiro atoms. The van der Waals surface area contributed by atoms with Gasteiger partial charge < -0.3 is 10.2 Å². The van der Waals surface area contributed by atoms with E-state index in [1.54, 1.807) is 6.07 Å². The first-order valence-electron chi connectivity index (χ1n) is 5.71. The summed E-state index contributed by atoms with van der Waals surface area (Å²) in [7, 11) is 0. The summed E-state index contributed by atoms with van der Waals surface area (Å²) in [5.41, 5.74) is 0.654. The number of halogens is 1. The SMILES string of the molecule is CCC(CC)c1ccc(C(O)C(=O)O)cc1F. The number of hydrogen-bond donors (Lipinski definition) is 2. The highest BCUT2D eigenvalue weighted by Gasteiger charge is 2.19. The molecule has 0 aliphatic carbocycles. The Labute approximate surface area is 99.9 Å². The predicted octanol–water partition coefficient (Wildman–Crippen LogP) is 2.85. The largest absolute Gasteiger partial charge is 0.479 e. The van der Waals surface area contributed by atoms with Crippen molar-refractivity contribution in [2.24, 2.45) is 0 Å². The standard InChI is InChI=1S/C13H17FO3/c1-3-8(4-2)10-6-5-9(7-11(10)14)12(15)13(16)17/h5-8,12,15H,3-4H2,1-2H3,(H,16,17). The van der Waals surface area contributed by atoms with Crippen LogP contribution in [0.1, 0.15) is 49.8 Å². The van der Waals surface area contributed by atoms with Crippen LogP contribution in [0.15, 0.2) is 18.2 Å². The molecule has 1 unspecified atom stereocenters. The molecule has 1 atom stereocenters. The van der Waals surface area contributed by atoms with Crippen LogP contribution in [0, 0.1) is 5.82 Å². The zero-order chi connectivity index (χ0) is 13.0. The Morgan fingerprint density at radius 1 is 1.35 bits per heavy atom. The fourth-order valence-corrected chi connectivity index (χ4v) is 1.92. The second kappa shape index (κ2) is 5.77. The fraction of sp³-hybridized carbons (Fsp3) is 0.462. The first kappa shape index (κ1) is 13.6. The number of rotatable bonds is 5. The van der Waals surface area contributed by atoms with Crippen molar-refractivity contribution in [1.29, 1.82) is 0 Å². The van der Waals surface area contributed by atoms with Crippen LogP contribution < -0.4 is 0 Å². The van der Waals surface area contributed by atoms with Crippen molar-refractivity contribution in [2.75, 3.05) is 0 Å². The lowest BCUT2D eigenvalue weighted by Crippen LogP contribution is -2.11. The van der Waals surface area contributed by atoms with Crippen molar-refractivity contribution >= 4 is 5.97 Å². The lowest BCUT2D eigenvalue weighted by atomic mass is 9.92. The highest BCUT2D eigenvalue weighted by Crippen LogP contribution is 2.27. The third-order valence-corrected chi connectivity index (χ3v) is 3.00. The van der Waals surface area contributed by atoms with E-state index in [1.165, 1.54) is 6.07 Å². The maximum atomic E-state index is 13.8. The molecule has 1 aromatic carbocycles. The number of carboxylic acids is 1. The molecular weight excluding hydrogens is 223 g/mol. The Kier molecular flexibility index (Phi) is 4.63. The summed E-state index contributed by atoms with van der Waals surface area (Å²) in [5.74, 6) is -1.69. The minimum Gasteiger partial charge on any atom is -0.479 e. The summed E-state index contributed by atoms with van der Waals surface area (Å²) in [4.78, 5) is 10.6. The van der Waals surface area contributed by atoms with Crippen LogP contribution in [0.25, 0.3) is 0 Å². The molecule has 2 N–H and O–H groups in total. The third kappa shape index (κ3) is 3.03. The predicted molar refractivity (Wildman–Crippen MR) is 62.3 cm³/mol. The first-order chi connectivity index (χ1) is 8.01. The van der Waals surface area contributed by atoms with Gasteiger partial charge in [0.1, 0.15) is 5.82 Å². The molecule has 0 aromatic heterocycles. The van der Waals surface area contributed by atoms with E-state index in [-0.39, 0.29) is 11.5 Å². The Hall–Kier alpha value is -1.42. The first-order valence-corrected chi connectivity index (χ1v) is 5.71. The van der Waals surface area contributed by atoms with Crippen molar-refractivity contribution in [2.45, 2.75) is 38.7 Å². The van der Waals surface area contributed by atoms with Gasteiger partial charge >= 0.3 is 5.97 Å². The molecular formula is C13H17FO3. The minimum absolute atomic E-state index is 0.0738. The van der Waals surface area contributed by atoms with Gasteiger partial charge in [0.15, 0.2) is 6.10 Å². The summed E-state index contributed by atoms with van der Waals surface area (Å²) in [6.45, 7) is 3.96. The van der Waals surface area contributed by atoms with Crippen molar-refractivity contribution in [1.82, 2.24) is 0 Å². The van der Waals surface area contributed by atoms with Gasteiger partial charge in [-0.25, -0.2) is 9.18 Å². The second-order valence-electron chi connectivity index (χ2n) is 4.04. The minimum atomic E-state index is -1.67. The summed E-state index contributed by atoms with van der Waals surface area (Å²) >= 11 is 0. The lowest BCUT2D eigenvalue weighted by Gasteiger charge is -2.15. The Morgan fingerprint density at radius 2 is 1.94 bits per heavy atom. The van der Waals surface area contributed by atoms with E-state index >= 15 is 0 Å². The maximum Gasteiger partial charge on any atom is 0.337 e.